The van der Waals surface area contributed by atoms with E-state index in [0.29, 0.717) is 17.9 Å². The van der Waals surface area contributed by atoms with E-state index in [9.17, 15) is 0 Å². The van der Waals surface area contributed by atoms with Gasteiger partial charge in [0.2, 0.25) is 0 Å². The summed E-state index contributed by atoms with van der Waals surface area (Å²) >= 11 is 0. The van der Waals surface area contributed by atoms with Crippen LogP contribution >= 0.6 is 0 Å². The summed E-state index contributed by atoms with van der Waals surface area (Å²) in [5.41, 5.74) is 7.76. The fraction of sp³-hybridized carbons (Fsp3) is 0.833. The molecule has 0 aliphatic heterocycles. The molecule has 1 aromatic rings. The molecule has 0 bridgehead atoms. The molecule has 1 aromatic heterocycles. The summed E-state index contributed by atoms with van der Waals surface area (Å²) in [6.45, 7) is 6.85. The van der Waals surface area contributed by atoms with Crippen LogP contribution in [0.25, 0.3) is 0 Å². The zero-order valence-electron chi connectivity index (χ0n) is 13.9. The van der Waals surface area contributed by atoms with Crippen molar-refractivity contribution in [3.05, 3.63) is 11.5 Å². The van der Waals surface area contributed by atoms with E-state index in [0.717, 1.165) is 11.7 Å². The number of hydrogen-bond acceptors (Lipinski definition) is 2. The number of aromatic nitrogens is 2. The van der Waals surface area contributed by atoms with Gasteiger partial charge in [0, 0.05) is 17.9 Å². The first-order valence-corrected chi connectivity index (χ1v) is 8.95. The van der Waals surface area contributed by atoms with Crippen LogP contribution in [0.15, 0.2) is 0 Å². The third-order valence-electron chi connectivity index (χ3n) is 5.64. The van der Waals surface area contributed by atoms with Gasteiger partial charge in [0.25, 0.3) is 0 Å². The van der Waals surface area contributed by atoms with E-state index < -0.39 is 0 Å². The molecule has 0 atom stereocenters. The first-order valence-electron chi connectivity index (χ1n) is 8.95. The average Bonchev–Trinajstić information content (AvgIpc) is 3.07. The first kappa shape index (κ1) is 14.9. The molecule has 2 aliphatic carbocycles. The lowest BCUT2D eigenvalue weighted by molar-refractivity contribution is 0.345. The third-order valence-corrected chi connectivity index (χ3v) is 5.64. The van der Waals surface area contributed by atoms with Crippen LogP contribution in [-0.4, -0.2) is 9.55 Å². The Labute approximate surface area is 129 Å². The van der Waals surface area contributed by atoms with Gasteiger partial charge in [0.1, 0.15) is 11.6 Å². The Morgan fingerprint density at radius 2 is 1.62 bits per heavy atom. The second kappa shape index (κ2) is 6.02. The molecule has 0 spiro atoms. The van der Waals surface area contributed by atoms with Crippen molar-refractivity contribution < 1.29 is 0 Å². The highest BCUT2D eigenvalue weighted by Gasteiger charge is 2.30. The number of nitrogens with two attached hydrogens (primary N) is 1. The van der Waals surface area contributed by atoms with Gasteiger partial charge in [-0.2, -0.15) is 0 Å². The van der Waals surface area contributed by atoms with E-state index in [-0.39, 0.29) is 0 Å². The van der Waals surface area contributed by atoms with E-state index >= 15 is 0 Å². The summed E-state index contributed by atoms with van der Waals surface area (Å²) in [5, 5.41) is 0. The Bertz CT molecular complexity index is 475. The first-order chi connectivity index (χ1) is 10.1. The molecule has 0 aromatic carbocycles. The minimum absolute atomic E-state index is 0.421. The molecule has 118 valence electrons. The van der Waals surface area contributed by atoms with Crippen molar-refractivity contribution in [1.82, 2.24) is 9.55 Å². The molecule has 2 saturated carbocycles. The Kier molecular flexibility index (Phi) is 4.28. The van der Waals surface area contributed by atoms with Crippen LogP contribution in [0.3, 0.4) is 0 Å². The fourth-order valence-corrected chi connectivity index (χ4v) is 4.33. The maximum Gasteiger partial charge on any atom is 0.127 e. The molecular weight excluding hydrogens is 258 g/mol. The molecule has 2 fully saturated rings. The number of nitrogen functional groups attached to an aromatic ring is 1. The van der Waals surface area contributed by atoms with Gasteiger partial charge >= 0.3 is 0 Å². The maximum absolute atomic E-state index is 6.54. The van der Waals surface area contributed by atoms with Crippen LogP contribution in [-0.2, 0) is 0 Å². The second-order valence-electron chi connectivity index (χ2n) is 7.64. The molecule has 21 heavy (non-hydrogen) atoms. The fourth-order valence-electron chi connectivity index (χ4n) is 4.33. The summed E-state index contributed by atoms with van der Waals surface area (Å²) in [6, 6.07) is 0.421. The highest BCUT2D eigenvalue weighted by atomic mass is 15.2. The zero-order valence-corrected chi connectivity index (χ0v) is 13.9. The number of rotatable bonds is 3. The van der Waals surface area contributed by atoms with Crippen molar-refractivity contribution in [2.75, 3.05) is 5.73 Å². The van der Waals surface area contributed by atoms with Crippen LogP contribution in [0.2, 0.25) is 0 Å². The van der Waals surface area contributed by atoms with Gasteiger partial charge in [-0.15, -0.1) is 0 Å². The lowest BCUT2D eigenvalue weighted by atomic mass is 9.81. The highest BCUT2D eigenvalue weighted by Crippen LogP contribution is 2.42. The minimum atomic E-state index is 0.421. The van der Waals surface area contributed by atoms with Gasteiger partial charge in [-0.3, -0.25) is 0 Å². The van der Waals surface area contributed by atoms with E-state index in [1.165, 1.54) is 62.9 Å². The number of nitrogens with zero attached hydrogens (tertiary/aromatic N) is 2. The molecule has 3 rings (SSSR count). The molecule has 3 nitrogen and oxygen atoms in total. The summed E-state index contributed by atoms with van der Waals surface area (Å²) in [6.07, 6.45) is 10.5. The van der Waals surface area contributed by atoms with Crippen molar-refractivity contribution in [3.8, 4) is 0 Å². The van der Waals surface area contributed by atoms with Gasteiger partial charge in [0.15, 0.2) is 0 Å². The number of hydrogen-bond donors (Lipinski definition) is 1. The van der Waals surface area contributed by atoms with Gasteiger partial charge in [-0.05, 0) is 45.4 Å². The van der Waals surface area contributed by atoms with Gasteiger partial charge in [-0.25, -0.2) is 4.98 Å². The van der Waals surface area contributed by atoms with Crippen LogP contribution in [0, 0.1) is 5.92 Å². The lowest BCUT2D eigenvalue weighted by Gasteiger charge is -2.25. The standard InChI is InChI=1S/C18H31N3/c1-12(2)21-17(19)16(14-10-8-13(3)9-11-14)20-18(21)15-6-4-5-7-15/h12-15H,4-11,19H2,1-3H3. The predicted molar refractivity (Wildman–Crippen MR) is 88.6 cm³/mol. The van der Waals surface area contributed by atoms with Gasteiger partial charge in [-0.1, -0.05) is 32.6 Å². The smallest absolute Gasteiger partial charge is 0.127 e. The minimum Gasteiger partial charge on any atom is -0.384 e. The second-order valence-corrected chi connectivity index (χ2v) is 7.64. The Morgan fingerprint density at radius 1 is 1.00 bits per heavy atom. The summed E-state index contributed by atoms with van der Waals surface area (Å²) in [4.78, 5) is 5.10. The van der Waals surface area contributed by atoms with Crippen molar-refractivity contribution in [2.24, 2.45) is 5.92 Å². The SMILES string of the molecule is CC1CCC(c2nc(C3CCCC3)n(C(C)C)c2N)CC1. The molecule has 0 unspecified atom stereocenters. The third kappa shape index (κ3) is 2.84. The molecule has 2 aliphatic rings. The molecule has 0 saturated heterocycles. The Morgan fingerprint density at radius 3 is 2.19 bits per heavy atom. The van der Waals surface area contributed by atoms with Crippen molar-refractivity contribution in [2.45, 2.75) is 90.0 Å². The van der Waals surface area contributed by atoms with Crippen LogP contribution in [0.5, 0.6) is 0 Å². The summed E-state index contributed by atoms with van der Waals surface area (Å²) in [7, 11) is 0. The largest absolute Gasteiger partial charge is 0.384 e. The molecule has 3 heteroatoms. The Balaban J connectivity index is 1.92. The molecular formula is C18H31N3. The number of anilines is 1. The van der Waals surface area contributed by atoms with Crippen molar-refractivity contribution >= 4 is 5.82 Å². The Hall–Kier alpha value is -0.990. The van der Waals surface area contributed by atoms with Gasteiger partial charge in [0.05, 0.1) is 5.69 Å². The van der Waals surface area contributed by atoms with E-state index in [1.807, 2.05) is 0 Å². The average molecular weight is 289 g/mol. The quantitative estimate of drug-likeness (QED) is 0.851. The summed E-state index contributed by atoms with van der Waals surface area (Å²) in [5.74, 6) is 4.37. The van der Waals surface area contributed by atoms with Crippen LogP contribution < -0.4 is 5.73 Å². The normalized spacial score (nSPS) is 27.6. The van der Waals surface area contributed by atoms with E-state index in [4.69, 9.17) is 10.7 Å². The maximum atomic E-state index is 6.54. The van der Waals surface area contributed by atoms with E-state index in [1.54, 1.807) is 0 Å². The summed E-state index contributed by atoms with van der Waals surface area (Å²) < 4.78 is 2.34. The molecule has 1 heterocycles. The monoisotopic (exact) mass is 289 g/mol. The van der Waals surface area contributed by atoms with E-state index in [2.05, 4.69) is 25.3 Å². The molecule has 0 amide bonds. The lowest BCUT2D eigenvalue weighted by Crippen LogP contribution is -2.14. The predicted octanol–water partition coefficient (Wildman–Crippen LogP) is 5.00. The zero-order chi connectivity index (χ0) is 15.0. The molecule has 0 radical (unpaired) electrons. The van der Waals surface area contributed by atoms with Crippen molar-refractivity contribution in [3.63, 3.8) is 0 Å². The van der Waals surface area contributed by atoms with Crippen molar-refractivity contribution in [1.29, 1.82) is 0 Å². The topological polar surface area (TPSA) is 43.8 Å². The van der Waals surface area contributed by atoms with Crippen LogP contribution in [0.4, 0.5) is 5.82 Å². The highest BCUT2D eigenvalue weighted by molar-refractivity contribution is 5.42. The van der Waals surface area contributed by atoms with Gasteiger partial charge < -0.3 is 10.3 Å². The molecule has 2 N–H and O–H groups in total. The number of imidazole rings is 1. The van der Waals surface area contributed by atoms with Crippen LogP contribution in [0.1, 0.15) is 102 Å².